The van der Waals surface area contributed by atoms with Crippen LogP contribution in [0.2, 0.25) is 10.0 Å². The molecule has 0 heterocycles. The van der Waals surface area contributed by atoms with E-state index in [1.54, 1.807) is 68.4 Å². The number of carbonyl (C=O) groups is 2. The minimum atomic E-state index is -4.19. The van der Waals surface area contributed by atoms with E-state index >= 15 is 0 Å². The fraction of sp³-hybridized carbons (Fsp3) is 0.333. The van der Waals surface area contributed by atoms with Gasteiger partial charge in [-0.1, -0.05) is 72.1 Å². The van der Waals surface area contributed by atoms with Gasteiger partial charge in [-0.15, -0.1) is 0 Å². The fourth-order valence-electron chi connectivity index (χ4n) is 4.08. The van der Waals surface area contributed by atoms with Crippen molar-refractivity contribution in [1.82, 2.24) is 10.2 Å². The van der Waals surface area contributed by atoms with E-state index in [1.807, 2.05) is 20.8 Å². The largest absolute Gasteiger partial charge is 0.352 e. The van der Waals surface area contributed by atoms with Crippen LogP contribution >= 0.6 is 23.2 Å². The van der Waals surface area contributed by atoms with E-state index in [0.717, 1.165) is 9.87 Å². The van der Waals surface area contributed by atoms with E-state index < -0.39 is 28.5 Å². The van der Waals surface area contributed by atoms with Gasteiger partial charge in [-0.25, -0.2) is 8.42 Å². The number of halogens is 2. The van der Waals surface area contributed by atoms with E-state index in [-0.39, 0.29) is 29.1 Å². The Morgan fingerprint density at radius 2 is 1.52 bits per heavy atom. The van der Waals surface area contributed by atoms with Crippen molar-refractivity contribution in [2.24, 2.45) is 0 Å². The second kappa shape index (κ2) is 13.5. The Morgan fingerprint density at radius 3 is 2.15 bits per heavy atom. The standard InChI is InChI=1S/C30H35Cl2N3O4S/c1-6-21(3)33-30(37)23(5)34(18-24-10-7-8-11-27(24)32)29(36)19-35(28-13-9-12-26(31)22(28)4)40(38,39)25-16-14-20(2)15-17-25/h7-17,21,23H,6,18-19H2,1-5H3,(H,33,37)/t21-,23-/m1/s1. The maximum atomic E-state index is 14.0. The van der Waals surface area contributed by atoms with Crippen LogP contribution in [0.5, 0.6) is 0 Å². The Labute approximate surface area is 247 Å². The lowest BCUT2D eigenvalue weighted by atomic mass is 10.1. The van der Waals surface area contributed by atoms with Crippen LogP contribution < -0.4 is 9.62 Å². The number of aryl methyl sites for hydroxylation is 1. The van der Waals surface area contributed by atoms with Crippen LogP contribution in [0.1, 0.15) is 43.9 Å². The van der Waals surface area contributed by atoms with Gasteiger partial charge < -0.3 is 10.2 Å². The SMILES string of the molecule is CC[C@@H](C)NC(=O)[C@@H](C)N(Cc1ccccc1Cl)C(=O)CN(c1cccc(Cl)c1C)S(=O)(=O)c1ccc(C)cc1. The van der Waals surface area contributed by atoms with E-state index in [4.69, 9.17) is 23.2 Å². The summed E-state index contributed by atoms with van der Waals surface area (Å²) >= 11 is 12.8. The highest BCUT2D eigenvalue weighted by Crippen LogP contribution is 2.31. The third kappa shape index (κ3) is 7.36. The molecule has 0 spiro atoms. The first kappa shape index (κ1) is 31.5. The average Bonchev–Trinajstić information content (AvgIpc) is 2.92. The van der Waals surface area contributed by atoms with Crippen molar-refractivity contribution in [3.05, 3.63) is 93.5 Å². The molecule has 3 aromatic rings. The van der Waals surface area contributed by atoms with Gasteiger partial charge in [0.1, 0.15) is 12.6 Å². The topological polar surface area (TPSA) is 86.8 Å². The maximum absolute atomic E-state index is 14.0. The molecule has 1 N–H and O–H groups in total. The first-order valence-electron chi connectivity index (χ1n) is 13.0. The minimum Gasteiger partial charge on any atom is -0.352 e. The summed E-state index contributed by atoms with van der Waals surface area (Å²) in [6.45, 7) is 8.46. The van der Waals surface area contributed by atoms with Crippen LogP contribution in [0.25, 0.3) is 0 Å². The second-order valence-corrected chi connectivity index (χ2v) is 12.5. The molecule has 0 bridgehead atoms. The number of hydrogen-bond acceptors (Lipinski definition) is 4. The van der Waals surface area contributed by atoms with Crippen LogP contribution in [0.15, 0.2) is 71.6 Å². The van der Waals surface area contributed by atoms with Gasteiger partial charge in [0.05, 0.1) is 10.6 Å². The number of anilines is 1. The summed E-state index contributed by atoms with van der Waals surface area (Å²) in [5.74, 6) is -0.914. The molecule has 0 aliphatic heterocycles. The molecular formula is C30H35Cl2N3O4S. The van der Waals surface area contributed by atoms with Crippen LogP contribution in [0.4, 0.5) is 5.69 Å². The summed E-state index contributed by atoms with van der Waals surface area (Å²) in [5.41, 5.74) is 2.31. The average molecular weight is 605 g/mol. The molecule has 3 aromatic carbocycles. The molecule has 0 saturated carbocycles. The smallest absolute Gasteiger partial charge is 0.264 e. The lowest BCUT2D eigenvalue weighted by molar-refractivity contribution is -0.139. The number of sulfonamides is 1. The van der Waals surface area contributed by atoms with Crippen molar-refractivity contribution in [2.75, 3.05) is 10.8 Å². The van der Waals surface area contributed by atoms with Crippen LogP contribution in [-0.2, 0) is 26.2 Å². The third-order valence-corrected chi connectivity index (χ3v) is 9.41. The molecule has 10 heteroatoms. The van der Waals surface area contributed by atoms with Gasteiger partial charge in [0.15, 0.2) is 0 Å². The normalized spacial score (nSPS) is 12.9. The Balaban J connectivity index is 2.08. The maximum Gasteiger partial charge on any atom is 0.264 e. The molecule has 0 aliphatic rings. The van der Waals surface area contributed by atoms with Crippen molar-refractivity contribution in [1.29, 1.82) is 0 Å². The lowest BCUT2D eigenvalue weighted by Gasteiger charge is -2.33. The van der Waals surface area contributed by atoms with Crippen molar-refractivity contribution < 1.29 is 18.0 Å². The fourth-order valence-corrected chi connectivity index (χ4v) is 5.91. The van der Waals surface area contributed by atoms with Crippen LogP contribution in [0.3, 0.4) is 0 Å². The highest BCUT2D eigenvalue weighted by molar-refractivity contribution is 7.92. The molecule has 40 heavy (non-hydrogen) atoms. The molecule has 0 aromatic heterocycles. The Kier molecular flexibility index (Phi) is 10.6. The summed E-state index contributed by atoms with van der Waals surface area (Å²) in [4.78, 5) is 28.6. The summed E-state index contributed by atoms with van der Waals surface area (Å²) in [6, 6.07) is 17.3. The van der Waals surface area contributed by atoms with E-state index in [9.17, 15) is 18.0 Å². The number of rotatable bonds is 11. The summed E-state index contributed by atoms with van der Waals surface area (Å²) < 4.78 is 29.0. The molecule has 7 nitrogen and oxygen atoms in total. The van der Waals surface area contributed by atoms with Crippen molar-refractivity contribution in [2.45, 2.75) is 64.6 Å². The number of nitrogens with zero attached hydrogens (tertiary/aromatic N) is 2. The number of carbonyl (C=O) groups excluding carboxylic acids is 2. The number of amides is 2. The van der Waals surface area contributed by atoms with Gasteiger partial charge in [0.25, 0.3) is 10.0 Å². The molecule has 0 fully saturated rings. The van der Waals surface area contributed by atoms with Crippen molar-refractivity contribution in [3.8, 4) is 0 Å². The molecule has 214 valence electrons. The van der Waals surface area contributed by atoms with Crippen molar-refractivity contribution >= 4 is 50.7 Å². The summed E-state index contributed by atoms with van der Waals surface area (Å²) in [7, 11) is -4.19. The molecule has 3 rings (SSSR count). The van der Waals surface area contributed by atoms with Gasteiger partial charge in [-0.2, -0.15) is 0 Å². The predicted molar refractivity (Wildman–Crippen MR) is 161 cm³/mol. The van der Waals surface area contributed by atoms with Gasteiger partial charge in [0, 0.05) is 22.6 Å². The molecule has 0 saturated heterocycles. The van der Waals surface area contributed by atoms with Gasteiger partial charge in [-0.3, -0.25) is 13.9 Å². The molecular weight excluding hydrogens is 569 g/mol. The predicted octanol–water partition coefficient (Wildman–Crippen LogP) is 6.14. The first-order chi connectivity index (χ1) is 18.9. The molecule has 0 aliphatic carbocycles. The molecule has 2 amide bonds. The second-order valence-electron chi connectivity index (χ2n) is 9.82. The number of hydrogen-bond donors (Lipinski definition) is 1. The molecule has 0 radical (unpaired) electrons. The van der Waals surface area contributed by atoms with E-state index in [0.29, 0.717) is 27.6 Å². The Morgan fingerprint density at radius 1 is 0.900 bits per heavy atom. The molecule has 0 unspecified atom stereocenters. The highest BCUT2D eigenvalue weighted by Gasteiger charge is 2.33. The zero-order valence-electron chi connectivity index (χ0n) is 23.3. The van der Waals surface area contributed by atoms with Crippen LogP contribution in [0, 0.1) is 13.8 Å². The van der Waals surface area contributed by atoms with Crippen molar-refractivity contribution in [3.63, 3.8) is 0 Å². The summed E-state index contributed by atoms with van der Waals surface area (Å²) in [5, 5.41) is 3.71. The Hall–Kier alpha value is -3.07. The van der Waals surface area contributed by atoms with Crippen LogP contribution in [-0.4, -0.2) is 43.8 Å². The number of nitrogens with one attached hydrogen (secondary N) is 1. The molecule has 2 atom stereocenters. The quantitative estimate of drug-likeness (QED) is 0.285. The van der Waals surface area contributed by atoms with Gasteiger partial charge >= 0.3 is 0 Å². The Bertz CT molecular complexity index is 1460. The minimum absolute atomic E-state index is 0.0144. The first-order valence-corrected chi connectivity index (χ1v) is 15.2. The third-order valence-electron chi connectivity index (χ3n) is 6.86. The zero-order chi connectivity index (χ0) is 29.6. The van der Waals surface area contributed by atoms with E-state index in [2.05, 4.69) is 5.32 Å². The lowest BCUT2D eigenvalue weighted by Crippen LogP contribution is -2.52. The highest BCUT2D eigenvalue weighted by atomic mass is 35.5. The monoisotopic (exact) mass is 603 g/mol. The van der Waals surface area contributed by atoms with Gasteiger partial charge in [0.2, 0.25) is 11.8 Å². The van der Waals surface area contributed by atoms with E-state index in [1.165, 1.54) is 17.0 Å². The summed E-state index contributed by atoms with van der Waals surface area (Å²) in [6.07, 6.45) is 0.716. The number of benzene rings is 3. The van der Waals surface area contributed by atoms with Gasteiger partial charge in [-0.05, 0) is 75.6 Å². The zero-order valence-corrected chi connectivity index (χ0v) is 25.6.